The number of nitrogens with two attached hydrogens (primary N) is 1. The van der Waals surface area contributed by atoms with Gasteiger partial charge in [0.15, 0.2) is 23.6 Å². The molecular formula is C21H26N2O10. The number of ether oxygens (including phenoxy) is 4. The molecule has 4 unspecified atom stereocenters. The van der Waals surface area contributed by atoms with E-state index in [-0.39, 0.29) is 22.4 Å². The summed E-state index contributed by atoms with van der Waals surface area (Å²) in [5.41, 5.74) is 3.07. The van der Waals surface area contributed by atoms with Gasteiger partial charge in [0, 0.05) is 19.6 Å². The highest BCUT2D eigenvalue weighted by Gasteiger charge is 2.53. The van der Waals surface area contributed by atoms with Crippen LogP contribution in [0.1, 0.15) is 26.3 Å². The summed E-state index contributed by atoms with van der Waals surface area (Å²) < 4.78 is 27.4. The molecule has 0 aliphatic carbocycles. The third-order valence-electron chi connectivity index (χ3n) is 5.32. The second-order valence-electron chi connectivity index (χ2n) is 8.12. The maximum Gasteiger partial charge on any atom is 0.404 e. The van der Waals surface area contributed by atoms with Gasteiger partial charge in [-0.3, -0.25) is 4.79 Å². The van der Waals surface area contributed by atoms with Crippen molar-refractivity contribution in [3.63, 3.8) is 0 Å². The second kappa shape index (κ2) is 8.89. The number of aryl methyl sites for hydroxylation is 1. The highest BCUT2D eigenvalue weighted by atomic mass is 16.7. The first-order valence-corrected chi connectivity index (χ1v) is 9.95. The standard InChI is InChI=1S/C21H26N2O10/c1-8-11(7-6-10-13(25)12(23-9(2)24)18(27)31-15(8)10)30-19-14(26)16(32-20(22)28)17(29-5)21(3,4)33-19/h6-7,14,16-17,19,25-26H,1-5H3,(H2,22,28)(H,23,24). The number of primary amides is 1. The zero-order chi connectivity index (χ0) is 24.7. The van der Waals surface area contributed by atoms with E-state index in [1.807, 2.05) is 0 Å². The first-order valence-electron chi connectivity index (χ1n) is 9.95. The lowest BCUT2D eigenvalue weighted by Gasteiger charge is -2.47. The van der Waals surface area contributed by atoms with Gasteiger partial charge >= 0.3 is 11.7 Å². The predicted octanol–water partition coefficient (Wildman–Crippen LogP) is 1.12. The van der Waals surface area contributed by atoms with Crippen molar-refractivity contribution in [3.05, 3.63) is 28.1 Å². The average Bonchev–Trinajstić information content (AvgIpc) is 2.70. The van der Waals surface area contributed by atoms with E-state index in [0.717, 1.165) is 0 Å². The van der Waals surface area contributed by atoms with Crippen LogP contribution < -0.4 is 21.4 Å². The molecule has 0 radical (unpaired) electrons. The molecule has 5 N–H and O–H groups in total. The molecule has 1 fully saturated rings. The molecule has 180 valence electrons. The predicted molar refractivity (Wildman–Crippen MR) is 114 cm³/mol. The zero-order valence-corrected chi connectivity index (χ0v) is 18.7. The molecule has 12 heteroatoms. The van der Waals surface area contributed by atoms with E-state index in [9.17, 15) is 24.6 Å². The van der Waals surface area contributed by atoms with E-state index in [1.165, 1.54) is 26.2 Å². The van der Waals surface area contributed by atoms with Crippen LogP contribution in [-0.4, -0.2) is 59.5 Å². The minimum atomic E-state index is -1.48. The number of rotatable bonds is 5. The Balaban J connectivity index is 2.00. The normalized spacial score (nSPS) is 24.3. The fraction of sp³-hybridized carbons (Fsp3) is 0.476. The topological polar surface area (TPSA) is 180 Å². The molecule has 3 rings (SSSR count). The van der Waals surface area contributed by atoms with E-state index < -0.39 is 53.6 Å². The number of aliphatic hydroxyl groups is 1. The molecule has 0 bridgehead atoms. The number of aromatic hydroxyl groups is 1. The molecule has 12 nitrogen and oxygen atoms in total. The fourth-order valence-corrected chi connectivity index (χ4v) is 3.85. The Morgan fingerprint density at radius 2 is 1.94 bits per heavy atom. The van der Waals surface area contributed by atoms with Crippen LogP contribution in [0, 0.1) is 6.92 Å². The van der Waals surface area contributed by atoms with Crippen LogP contribution in [0.4, 0.5) is 10.5 Å². The molecular weight excluding hydrogens is 440 g/mol. The highest BCUT2D eigenvalue weighted by Crippen LogP contribution is 2.38. The number of anilines is 1. The zero-order valence-electron chi connectivity index (χ0n) is 18.7. The second-order valence-corrected chi connectivity index (χ2v) is 8.12. The van der Waals surface area contributed by atoms with Gasteiger partial charge in [0.2, 0.25) is 12.2 Å². The minimum absolute atomic E-state index is 0.00775. The van der Waals surface area contributed by atoms with Gasteiger partial charge in [-0.25, -0.2) is 9.59 Å². The Bertz CT molecular complexity index is 1140. The molecule has 2 heterocycles. The summed E-state index contributed by atoms with van der Waals surface area (Å²) >= 11 is 0. The van der Waals surface area contributed by atoms with E-state index in [2.05, 4.69) is 5.32 Å². The monoisotopic (exact) mass is 466 g/mol. The van der Waals surface area contributed by atoms with E-state index in [0.29, 0.717) is 5.56 Å². The lowest BCUT2D eigenvalue weighted by Crippen LogP contribution is -2.65. The Hall–Kier alpha value is -3.35. The van der Waals surface area contributed by atoms with Crippen molar-refractivity contribution < 1.29 is 43.2 Å². The number of hydrogen-bond donors (Lipinski definition) is 4. The van der Waals surface area contributed by atoms with Gasteiger partial charge in [0.05, 0.1) is 11.0 Å². The molecule has 1 aromatic carbocycles. The van der Waals surface area contributed by atoms with Gasteiger partial charge in [-0.05, 0) is 32.9 Å². The molecule has 0 saturated carbocycles. The summed E-state index contributed by atoms with van der Waals surface area (Å²) in [4.78, 5) is 35.0. The fourth-order valence-electron chi connectivity index (χ4n) is 3.85. The number of benzene rings is 1. The van der Waals surface area contributed by atoms with Gasteiger partial charge in [-0.1, -0.05) is 0 Å². The average molecular weight is 466 g/mol. The molecule has 0 spiro atoms. The van der Waals surface area contributed by atoms with Crippen LogP contribution in [0.25, 0.3) is 11.0 Å². The van der Waals surface area contributed by atoms with Gasteiger partial charge in [-0.15, -0.1) is 0 Å². The lowest BCUT2D eigenvalue weighted by molar-refractivity contribution is -0.304. The first-order chi connectivity index (χ1) is 15.4. The van der Waals surface area contributed by atoms with Crippen LogP contribution in [0.3, 0.4) is 0 Å². The van der Waals surface area contributed by atoms with Crippen LogP contribution in [0.2, 0.25) is 0 Å². The number of amides is 2. The number of hydrogen-bond acceptors (Lipinski definition) is 10. The first kappa shape index (κ1) is 24.3. The van der Waals surface area contributed by atoms with Crippen LogP contribution in [0.5, 0.6) is 11.5 Å². The van der Waals surface area contributed by atoms with E-state index >= 15 is 0 Å². The third-order valence-corrected chi connectivity index (χ3v) is 5.32. The SMILES string of the molecule is COC1C(OC(N)=O)C(O)C(Oc2ccc3c(O)c(NC(C)=O)c(=O)oc3c2C)OC1(C)C. The quantitative estimate of drug-likeness (QED) is 0.466. The summed E-state index contributed by atoms with van der Waals surface area (Å²) in [6.07, 6.45) is -5.94. The third kappa shape index (κ3) is 4.58. The minimum Gasteiger partial charge on any atom is -0.505 e. The molecule has 1 aromatic heterocycles. The van der Waals surface area contributed by atoms with Crippen molar-refractivity contribution in [1.29, 1.82) is 0 Å². The van der Waals surface area contributed by atoms with Crippen LogP contribution in [-0.2, 0) is 19.0 Å². The van der Waals surface area contributed by atoms with Gasteiger partial charge in [0.1, 0.15) is 17.4 Å². The Labute approximate surface area is 188 Å². The summed E-state index contributed by atoms with van der Waals surface area (Å²) in [6.45, 7) is 6.07. The van der Waals surface area contributed by atoms with Crippen molar-refractivity contribution >= 4 is 28.7 Å². The number of fused-ring (bicyclic) bond motifs is 1. The van der Waals surface area contributed by atoms with Crippen molar-refractivity contribution in [1.82, 2.24) is 0 Å². The highest BCUT2D eigenvalue weighted by molar-refractivity contribution is 5.97. The number of methoxy groups -OCH3 is 1. The van der Waals surface area contributed by atoms with Crippen LogP contribution >= 0.6 is 0 Å². The molecule has 2 amide bonds. The number of nitrogens with one attached hydrogen (secondary N) is 1. The molecule has 2 aromatic rings. The summed E-state index contributed by atoms with van der Waals surface area (Å²) in [6, 6.07) is 2.88. The lowest BCUT2D eigenvalue weighted by atomic mass is 9.89. The maximum atomic E-state index is 12.3. The molecule has 1 aliphatic rings. The smallest absolute Gasteiger partial charge is 0.404 e. The molecule has 33 heavy (non-hydrogen) atoms. The van der Waals surface area contributed by atoms with Gasteiger partial charge in [-0.2, -0.15) is 0 Å². The molecule has 1 saturated heterocycles. The number of carbonyl (C=O) groups excluding carboxylic acids is 2. The van der Waals surface area contributed by atoms with Crippen molar-refractivity contribution in [2.24, 2.45) is 5.73 Å². The Morgan fingerprint density at radius 1 is 1.27 bits per heavy atom. The van der Waals surface area contributed by atoms with E-state index in [1.54, 1.807) is 20.8 Å². The van der Waals surface area contributed by atoms with E-state index in [4.69, 9.17) is 29.1 Å². The molecule has 4 atom stereocenters. The largest absolute Gasteiger partial charge is 0.505 e. The summed E-state index contributed by atoms with van der Waals surface area (Å²) in [5.74, 6) is -0.855. The van der Waals surface area contributed by atoms with Crippen LogP contribution in [0.15, 0.2) is 21.3 Å². The summed E-state index contributed by atoms with van der Waals surface area (Å²) in [5, 5.41) is 23.6. The van der Waals surface area contributed by atoms with Gasteiger partial charge in [0.25, 0.3) is 0 Å². The maximum absolute atomic E-state index is 12.3. The molecule has 1 aliphatic heterocycles. The van der Waals surface area contributed by atoms with Crippen molar-refractivity contribution in [2.75, 3.05) is 12.4 Å². The van der Waals surface area contributed by atoms with Crippen molar-refractivity contribution in [2.45, 2.75) is 57.9 Å². The number of aliphatic hydroxyl groups excluding tert-OH is 1. The Morgan fingerprint density at radius 3 is 2.52 bits per heavy atom. The van der Waals surface area contributed by atoms with Gasteiger partial charge < -0.3 is 44.6 Å². The van der Waals surface area contributed by atoms with Crippen molar-refractivity contribution in [3.8, 4) is 11.5 Å². The number of carbonyl (C=O) groups is 2. The summed E-state index contributed by atoms with van der Waals surface area (Å²) in [7, 11) is 1.37. The Kier molecular flexibility index (Phi) is 6.54.